The minimum absolute atomic E-state index is 0.0644. The van der Waals surface area contributed by atoms with Gasteiger partial charge in [0.1, 0.15) is 5.15 Å². The van der Waals surface area contributed by atoms with Crippen LogP contribution in [0.4, 0.5) is 0 Å². The van der Waals surface area contributed by atoms with E-state index in [0.717, 1.165) is 5.69 Å². The molecule has 1 heterocycles. The SMILES string of the molecule is CCS(=O)(=O)CCNC(=O)c1cc(Cl)nc(C(C)C)c1. The van der Waals surface area contributed by atoms with E-state index in [2.05, 4.69) is 10.3 Å². The van der Waals surface area contributed by atoms with Gasteiger partial charge in [-0.1, -0.05) is 32.4 Å². The average molecular weight is 319 g/mol. The van der Waals surface area contributed by atoms with E-state index < -0.39 is 9.84 Å². The Hall–Kier alpha value is -1.14. The third-order valence-electron chi connectivity index (χ3n) is 2.81. The van der Waals surface area contributed by atoms with Crippen molar-refractivity contribution >= 4 is 27.3 Å². The van der Waals surface area contributed by atoms with Gasteiger partial charge in [0.2, 0.25) is 0 Å². The van der Waals surface area contributed by atoms with Gasteiger partial charge < -0.3 is 5.32 Å². The van der Waals surface area contributed by atoms with Crippen molar-refractivity contribution in [3.8, 4) is 0 Å². The number of halogens is 1. The largest absolute Gasteiger partial charge is 0.351 e. The Morgan fingerprint density at radius 2 is 2.05 bits per heavy atom. The minimum Gasteiger partial charge on any atom is -0.351 e. The molecule has 7 heteroatoms. The number of carbonyl (C=O) groups excluding carboxylic acids is 1. The summed E-state index contributed by atoms with van der Waals surface area (Å²) in [4.78, 5) is 16.1. The zero-order chi connectivity index (χ0) is 15.3. The van der Waals surface area contributed by atoms with Gasteiger partial charge >= 0.3 is 0 Å². The van der Waals surface area contributed by atoms with Crippen LogP contribution < -0.4 is 5.32 Å². The van der Waals surface area contributed by atoms with Crippen LogP contribution in [0, 0.1) is 0 Å². The summed E-state index contributed by atoms with van der Waals surface area (Å²) < 4.78 is 22.7. The van der Waals surface area contributed by atoms with E-state index in [9.17, 15) is 13.2 Å². The molecule has 20 heavy (non-hydrogen) atoms. The molecule has 5 nitrogen and oxygen atoms in total. The van der Waals surface area contributed by atoms with Gasteiger partial charge in [-0.15, -0.1) is 0 Å². The predicted octanol–water partition coefficient (Wildman–Crippen LogP) is 2.02. The van der Waals surface area contributed by atoms with Crippen LogP contribution in [0.15, 0.2) is 12.1 Å². The van der Waals surface area contributed by atoms with E-state index in [1.165, 1.54) is 6.07 Å². The second-order valence-electron chi connectivity index (χ2n) is 4.75. The predicted molar refractivity (Wildman–Crippen MR) is 80.0 cm³/mol. The van der Waals surface area contributed by atoms with Crippen LogP contribution in [0.2, 0.25) is 5.15 Å². The molecule has 112 valence electrons. The Morgan fingerprint density at radius 1 is 1.40 bits per heavy atom. The van der Waals surface area contributed by atoms with E-state index in [1.54, 1.807) is 13.0 Å². The van der Waals surface area contributed by atoms with Gasteiger partial charge in [-0.05, 0) is 18.1 Å². The highest BCUT2D eigenvalue weighted by atomic mass is 35.5. The first-order valence-corrected chi connectivity index (χ1v) is 8.61. The number of nitrogens with one attached hydrogen (secondary N) is 1. The number of nitrogens with zero attached hydrogens (tertiary/aromatic N) is 1. The van der Waals surface area contributed by atoms with Crippen LogP contribution in [0.5, 0.6) is 0 Å². The molecule has 0 spiro atoms. The monoisotopic (exact) mass is 318 g/mol. The molecule has 0 atom stereocenters. The number of sulfone groups is 1. The third-order valence-corrected chi connectivity index (χ3v) is 4.71. The van der Waals surface area contributed by atoms with Crippen LogP contribution >= 0.6 is 11.6 Å². The summed E-state index contributed by atoms with van der Waals surface area (Å²) in [7, 11) is -3.08. The quantitative estimate of drug-likeness (QED) is 0.814. The van der Waals surface area contributed by atoms with Crippen molar-refractivity contribution in [2.45, 2.75) is 26.7 Å². The fourth-order valence-electron chi connectivity index (χ4n) is 1.51. The summed E-state index contributed by atoms with van der Waals surface area (Å²) in [5.41, 5.74) is 1.12. The van der Waals surface area contributed by atoms with Gasteiger partial charge in [-0.3, -0.25) is 4.79 Å². The van der Waals surface area contributed by atoms with Gasteiger partial charge in [0.15, 0.2) is 9.84 Å². The molecule has 0 saturated carbocycles. The lowest BCUT2D eigenvalue weighted by Gasteiger charge is -2.09. The Morgan fingerprint density at radius 3 is 2.60 bits per heavy atom. The summed E-state index contributed by atoms with van der Waals surface area (Å²) >= 11 is 5.88. The van der Waals surface area contributed by atoms with Crippen molar-refractivity contribution in [3.05, 3.63) is 28.5 Å². The molecule has 0 radical (unpaired) electrons. The van der Waals surface area contributed by atoms with Crippen LogP contribution in [0.3, 0.4) is 0 Å². The average Bonchev–Trinajstić information content (AvgIpc) is 2.37. The molecule has 1 amide bonds. The molecule has 1 rings (SSSR count). The van der Waals surface area contributed by atoms with Crippen LogP contribution in [0.1, 0.15) is 42.7 Å². The lowest BCUT2D eigenvalue weighted by atomic mass is 10.1. The van der Waals surface area contributed by atoms with Gasteiger partial charge in [-0.25, -0.2) is 13.4 Å². The number of pyridine rings is 1. The van der Waals surface area contributed by atoms with E-state index in [1.807, 2.05) is 13.8 Å². The van der Waals surface area contributed by atoms with Crippen molar-refractivity contribution in [1.29, 1.82) is 0 Å². The molecule has 1 aromatic rings. The Labute approximate surface area is 124 Å². The highest BCUT2D eigenvalue weighted by Crippen LogP contribution is 2.17. The molecule has 1 N–H and O–H groups in total. The van der Waals surface area contributed by atoms with E-state index in [-0.39, 0.29) is 35.0 Å². The summed E-state index contributed by atoms with van der Waals surface area (Å²) in [5, 5.41) is 2.83. The first-order chi connectivity index (χ1) is 9.25. The van der Waals surface area contributed by atoms with Crippen LogP contribution in [0.25, 0.3) is 0 Å². The minimum atomic E-state index is -3.08. The maximum absolute atomic E-state index is 12.0. The van der Waals surface area contributed by atoms with Crippen LogP contribution in [-0.2, 0) is 9.84 Å². The second kappa shape index (κ2) is 7.04. The van der Waals surface area contributed by atoms with Gasteiger partial charge in [0, 0.05) is 23.6 Å². The molecule has 0 saturated heterocycles. The fourth-order valence-corrected chi connectivity index (χ4v) is 2.43. The number of carbonyl (C=O) groups is 1. The maximum Gasteiger partial charge on any atom is 0.251 e. The van der Waals surface area contributed by atoms with Crippen molar-refractivity contribution in [1.82, 2.24) is 10.3 Å². The number of hydrogen-bond acceptors (Lipinski definition) is 4. The summed E-state index contributed by atoms with van der Waals surface area (Å²) in [6.07, 6.45) is 0. The molecule has 0 fully saturated rings. The highest BCUT2D eigenvalue weighted by molar-refractivity contribution is 7.91. The highest BCUT2D eigenvalue weighted by Gasteiger charge is 2.12. The lowest BCUT2D eigenvalue weighted by molar-refractivity contribution is 0.0956. The lowest BCUT2D eigenvalue weighted by Crippen LogP contribution is -2.29. The molecule has 0 aromatic carbocycles. The molecular weight excluding hydrogens is 300 g/mol. The molecular formula is C13H19ClN2O3S. The Bertz CT molecular complexity index is 585. The Balaban J connectivity index is 2.73. The van der Waals surface area contributed by atoms with Crippen molar-refractivity contribution in [2.24, 2.45) is 0 Å². The van der Waals surface area contributed by atoms with E-state index in [4.69, 9.17) is 11.6 Å². The molecule has 0 bridgehead atoms. The van der Waals surface area contributed by atoms with E-state index >= 15 is 0 Å². The maximum atomic E-state index is 12.0. The summed E-state index contributed by atoms with van der Waals surface area (Å²) in [5.74, 6) is -0.185. The van der Waals surface area contributed by atoms with Crippen molar-refractivity contribution in [2.75, 3.05) is 18.1 Å². The number of aromatic nitrogens is 1. The fraction of sp³-hybridized carbons (Fsp3) is 0.538. The number of amides is 1. The van der Waals surface area contributed by atoms with Crippen molar-refractivity contribution < 1.29 is 13.2 Å². The summed E-state index contributed by atoms with van der Waals surface area (Å²) in [6.45, 7) is 5.57. The molecule has 1 aromatic heterocycles. The molecule has 0 aliphatic rings. The number of rotatable bonds is 6. The second-order valence-corrected chi connectivity index (χ2v) is 7.61. The first kappa shape index (κ1) is 16.9. The van der Waals surface area contributed by atoms with Gasteiger partial charge in [-0.2, -0.15) is 0 Å². The summed E-state index contributed by atoms with van der Waals surface area (Å²) in [6, 6.07) is 3.14. The topological polar surface area (TPSA) is 76.1 Å². The normalized spacial score (nSPS) is 11.7. The first-order valence-electron chi connectivity index (χ1n) is 6.41. The standard InChI is InChI=1S/C13H19ClN2O3S/c1-4-20(18,19)6-5-15-13(17)10-7-11(9(2)3)16-12(14)8-10/h7-9H,4-6H2,1-3H3,(H,15,17). The third kappa shape index (κ3) is 5.09. The van der Waals surface area contributed by atoms with Gasteiger partial charge in [0.25, 0.3) is 5.91 Å². The zero-order valence-corrected chi connectivity index (χ0v) is 13.4. The van der Waals surface area contributed by atoms with Crippen molar-refractivity contribution in [3.63, 3.8) is 0 Å². The molecule has 0 unspecified atom stereocenters. The van der Waals surface area contributed by atoms with E-state index in [0.29, 0.717) is 5.56 Å². The zero-order valence-electron chi connectivity index (χ0n) is 11.8. The van der Waals surface area contributed by atoms with Gasteiger partial charge in [0.05, 0.1) is 5.75 Å². The smallest absolute Gasteiger partial charge is 0.251 e. The van der Waals surface area contributed by atoms with Crippen LogP contribution in [-0.4, -0.2) is 37.4 Å². The molecule has 0 aliphatic heterocycles. The Kier molecular flexibility index (Phi) is 5.95. The molecule has 0 aliphatic carbocycles. The number of hydrogen-bond donors (Lipinski definition) is 1.